The van der Waals surface area contributed by atoms with Crippen LogP contribution in [0.1, 0.15) is 12.5 Å². The third-order valence-corrected chi connectivity index (χ3v) is 5.21. The molecule has 138 valence electrons. The van der Waals surface area contributed by atoms with Crippen molar-refractivity contribution in [3.8, 4) is 5.75 Å². The molecule has 1 N–H and O–H groups in total. The standard InChI is InChI=1S/C22H22N2O2S/c1-17(16-27-21-7-3-2-4-8-21)22(25)24-19-9-11-20(12-10-19)26-15-18-6-5-13-23-14-18/h2-14,17H,15-16H2,1H3,(H,24,25). The SMILES string of the molecule is CC(CSc1ccccc1)C(=O)Nc1ccc(OCc2cccnc2)cc1. The van der Waals surface area contributed by atoms with Gasteiger partial charge in [0.25, 0.3) is 0 Å². The molecular weight excluding hydrogens is 356 g/mol. The number of hydrogen-bond acceptors (Lipinski definition) is 4. The highest BCUT2D eigenvalue weighted by Crippen LogP contribution is 2.22. The van der Waals surface area contributed by atoms with Crippen LogP contribution in [0.5, 0.6) is 5.75 Å². The largest absolute Gasteiger partial charge is 0.489 e. The Morgan fingerprint density at radius 1 is 1.07 bits per heavy atom. The molecule has 5 heteroatoms. The Labute approximate surface area is 164 Å². The molecule has 2 aromatic carbocycles. The molecule has 0 fully saturated rings. The molecule has 0 aliphatic rings. The predicted octanol–water partition coefficient (Wildman–Crippen LogP) is 5.03. The van der Waals surface area contributed by atoms with Gasteiger partial charge in [-0.15, -0.1) is 11.8 Å². The second-order valence-corrected chi connectivity index (χ2v) is 7.28. The predicted molar refractivity (Wildman–Crippen MR) is 110 cm³/mol. The van der Waals surface area contributed by atoms with E-state index in [0.29, 0.717) is 6.61 Å². The Morgan fingerprint density at radius 2 is 1.85 bits per heavy atom. The topological polar surface area (TPSA) is 51.2 Å². The minimum absolute atomic E-state index is 0.0162. The second kappa shape index (κ2) is 9.78. The molecule has 1 unspecified atom stereocenters. The van der Waals surface area contributed by atoms with Crippen LogP contribution in [0.4, 0.5) is 5.69 Å². The van der Waals surface area contributed by atoms with E-state index >= 15 is 0 Å². The first-order valence-electron chi connectivity index (χ1n) is 8.81. The summed E-state index contributed by atoms with van der Waals surface area (Å²) in [5.74, 6) is 1.42. The lowest BCUT2D eigenvalue weighted by Crippen LogP contribution is -2.22. The van der Waals surface area contributed by atoms with Crippen LogP contribution in [0.2, 0.25) is 0 Å². The molecule has 0 aliphatic heterocycles. The summed E-state index contributed by atoms with van der Waals surface area (Å²) in [5, 5.41) is 2.96. The van der Waals surface area contributed by atoms with E-state index in [2.05, 4.69) is 22.4 Å². The fraction of sp³-hybridized carbons (Fsp3) is 0.182. The van der Waals surface area contributed by atoms with Crippen molar-refractivity contribution in [3.63, 3.8) is 0 Å². The molecule has 1 aromatic heterocycles. The molecule has 0 spiro atoms. The number of carbonyl (C=O) groups excluding carboxylic acids is 1. The number of nitrogens with zero attached hydrogens (tertiary/aromatic N) is 1. The molecule has 27 heavy (non-hydrogen) atoms. The van der Waals surface area contributed by atoms with E-state index in [4.69, 9.17) is 4.74 Å². The molecule has 0 saturated heterocycles. The minimum Gasteiger partial charge on any atom is -0.489 e. The van der Waals surface area contributed by atoms with Gasteiger partial charge in [0.05, 0.1) is 0 Å². The molecule has 3 aromatic rings. The van der Waals surface area contributed by atoms with Gasteiger partial charge in [-0.05, 0) is 42.5 Å². The summed E-state index contributed by atoms with van der Waals surface area (Å²) < 4.78 is 5.73. The van der Waals surface area contributed by atoms with Gasteiger partial charge in [0.2, 0.25) is 5.91 Å². The van der Waals surface area contributed by atoms with Gasteiger partial charge < -0.3 is 10.1 Å². The maximum atomic E-state index is 12.4. The zero-order chi connectivity index (χ0) is 18.9. The van der Waals surface area contributed by atoms with Crippen LogP contribution < -0.4 is 10.1 Å². The number of anilines is 1. The highest BCUT2D eigenvalue weighted by molar-refractivity contribution is 7.99. The number of ether oxygens (including phenoxy) is 1. The fourth-order valence-electron chi connectivity index (χ4n) is 2.36. The van der Waals surface area contributed by atoms with Crippen molar-refractivity contribution in [2.75, 3.05) is 11.1 Å². The van der Waals surface area contributed by atoms with Gasteiger partial charge in [-0.25, -0.2) is 0 Å². The average Bonchev–Trinajstić information content (AvgIpc) is 2.73. The molecule has 0 radical (unpaired) electrons. The van der Waals surface area contributed by atoms with Crippen molar-refractivity contribution < 1.29 is 9.53 Å². The van der Waals surface area contributed by atoms with Gasteiger partial charge in [-0.3, -0.25) is 9.78 Å². The van der Waals surface area contributed by atoms with Crippen molar-refractivity contribution in [1.29, 1.82) is 0 Å². The third kappa shape index (κ3) is 6.15. The number of rotatable bonds is 8. The number of hydrogen-bond donors (Lipinski definition) is 1. The third-order valence-electron chi connectivity index (χ3n) is 3.94. The lowest BCUT2D eigenvalue weighted by atomic mass is 10.2. The molecular formula is C22H22N2O2S. The Balaban J connectivity index is 1.46. The van der Waals surface area contributed by atoms with Crippen LogP contribution in [-0.2, 0) is 11.4 Å². The van der Waals surface area contributed by atoms with Gasteiger partial charge in [-0.1, -0.05) is 31.2 Å². The molecule has 4 nitrogen and oxygen atoms in total. The summed E-state index contributed by atoms with van der Waals surface area (Å²) in [6.45, 7) is 2.41. The highest BCUT2D eigenvalue weighted by atomic mass is 32.2. The van der Waals surface area contributed by atoms with E-state index in [-0.39, 0.29) is 11.8 Å². The molecule has 1 amide bonds. The first kappa shape index (κ1) is 19.0. The van der Waals surface area contributed by atoms with E-state index in [1.165, 1.54) is 4.90 Å². The monoisotopic (exact) mass is 378 g/mol. The smallest absolute Gasteiger partial charge is 0.228 e. The van der Waals surface area contributed by atoms with Crippen molar-refractivity contribution in [2.24, 2.45) is 5.92 Å². The quantitative estimate of drug-likeness (QED) is 0.559. The summed E-state index contributed by atoms with van der Waals surface area (Å²) in [5.41, 5.74) is 1.78. The fourth-order valence-corrected chi connectivity index (χ4v) is 3.31. The Kier molecular flexibility index (Phi) is 6.88. The molecule has 0 saturated carbocycles. The Bertz CT molecular complexity index is 839. The van der Waals surface area contributed by atoms with Crippen LogP contribution in [0.3, 0.4) is 0 Å². The maximum absolute atomic E-state index is 12.4. The summed E-state index contributed by atoms with van der Waals surface area (Å²) in [6.07, 6.45) is 3.52. The van der Waals surface area contributed by atoms with E-state index < -0.39 is 0 Å². The number of aromatic nitrogens is 1. The summed E-state index contributed by atoms with van der Waals surface area (Å²) in [4.78, 5) is 17.6. The highest BCUT2D eigenvalue weighted by Gasteiger charge is 2.13. The van der Waals surface area contributed by atoms with Crippen LogP contribution in [0.15, 0.2) is 84.0 Å². The lowest BCUT2D eigenvalue weighted by molar-refractivity contribution is -0.118. The number of nitrogens with one attached hydrogen (secondary N) is 1. The first-order chi connectivity index (χ1) is 13.2. The van der Waals surface area contributed by atoms with Crippen LogP contribution >= 0.6 is 11.8 Å². The van der Waals surface area contributed by atoms with E-state index in [9.17, 15) is 4.79 Å². The van der Waals surface area contributed by atoms with Crippen LogP contribution in [-0.4, -0.2) is 16.6 Å². The van der Waals surface area contributed by atoms with E-state index in [1.807, 2.05) is 61.5 Å². The summed E-state index contributed by atoms with van der Waals surface area (Å²) in [7, 11) is 0. The molecule has 1 atom stereocenters. The number of pyridine rings is 1. The second-order valence-electron chi connectivity index (χ2n) is 6.19. The molecule has 1 heterocycles. The molecule has 3 rings (SSSR count). The van der Waals surface area contributed by atoms with E-state index in [1.54, 1.807) is 24.2 Å². The van der Waals surface area contributed by atoms with Gasteiger partial charge in [0.1, 0.15) is 12.4 Å². The molecule has 0 bridgehead atoms. The van der Waals surface area contributed by atoms with E-state index in [0.717, 1.165) is 22.8 Å². The number of thioether (sulfide) groups is 1. The first-order valence-corrected chi connectivity index (χ1v) is 9.80. The summed E-state index contributed by atoms with van der Waals surface area (Å²) >= 11 is 1.69. The van der Waals surface area contributed by atoms with Gasteiger partial charge >= 0.3 is 0 Å². The van der Waals surface area contributed by atoms with Crippen molar-refractivity contribution in [3.05, 3.63) is 84.7 Å². The number of amides is 1. The van der Waals surface area contributed by atoms with Crippen LogP contribution in [0, 0.1) is 5.92 Å². The van der Waals surface area contributed by atoms with Crippen molar-refractivity contribution in [1.82, 2.24) is 4.98 Å². The normalized spacial score (nSPS) is 11.6. The number of benzene rings is 2. The Hall–Kier alpha value is -2.79. The number of carbonyl (C=O) groups is 1. The van der Waals surface area contributed by atoms with Gasteiger partial charge in [0, 0.05) is 40.2 Å². The Morgan fingerprint density at radius 3 is 2.56 bits per heavy atom. The van der Waals surface area contributed by atoms with Gasteiger partial charge in [0.15, 0.2) is 0 Å². The molecule has 0 aliphatic carbocycles. The maximum Gasteiger partial charge on any atom is 0.228 e. The van der Waals surface area contributed by atoms with Crippen LogP contribution in [0.25, 0.3) is 0 Å². The zero-order valence-corrected chi connectivity index (χ0v) is 16.0. The minimum atomic E-state index is -0.0864. The van der Waals surface area contributed by atoms with Crippen molar-refractivity contribution in [2.45, 2.75) is 18.4 Å². The summed E-state index contributed by atoms with van der Waals surface area (Å²) in [6, 6.07) is 21.4. The zero-order valence-electron chi connectivity index (χ0n) is 15.2. The van der Waals surface area contributed by atoms with Gasteiger partial charge in [-0.2, -0.15) is 0 Å². The van der Waals surface area contributed by atoms with Crippen molar-refractivity contribution >= 4 is 23.4 Å². The average molecular weight is 378 g/mol. The lowest BCUT2D eigenvalue weighted by Gasteiger charge is -2.12.